The molecule has 0 atom stereocenters. The first-order valence-corrected chi connectivity index (χ1v) is 9.05. The Labute approximate surface area is 152 Å². The number of nitrogens with one attached hydrogen (secondary N) is 1. The molecule has 0 radical (unpaired) electrons. The second-order valence-electron chi connectivity index (χ2n) is 6.16. The van der Waals surface area contributed by atoms with Crippen molar-refractivity contribution >= 4 is 39.1 Å². The van der Waals surface area contributed by atoms with E-state index in [0.717, 1.165) is 29.7 Å². The van der Waals surface area contributed by atoms with Crippen molar-refractivity contribution in [1.29, 1.82) is 0 Å². The maximum Gasteiger partial charge on any atom is 0.251 e. The first-order valence-electron chi connectivity index (χ1n) is 8.23. The molecule has 2 heterocycles. The number of carbonyl (C=O) groups is 2. The highest BCUT2D eigenvalue weighted by Gasteiger charge is 2.26. The zero-order chi connectivity index (χ0) is 18.3. The summed E-state index contributed by atoms with van der Waals surface area (Å²) < 4.78 is 1.47. The molecule has 8 heteroatoms. The Kier molecular flexibility index (Phi) is 4.04. The number of primary amides is 1. The zero-order valence-electron chi connectivity index (χ0n) is 13.8. The van der Waals surface area contributed by atoms with Crippen LogP contribution in [0.5, 0.6) is 0 Å². The SMILES string of the molecule is NC(=O)c1c(NC(=O)Cn2ncc(=O)c3ccccc32)sc2c1CCC2. The number of thiophene rings is 1. The lowest BCUT2D eigenvalue weighted by Crippen LogP contribution is -2.23. The minimum atomic E-state index is -0.522. The van der Waals surface area contributed by atoms with Crippen molar-refractivity contribution in [2.24, 2.45) is 5.73 Å². The van der Waals surface area contributed by atoms with Crippen LogP contribution < -0.4 is 16.5 Å². The van der Waals surface area contributed by atoms with E-state index >= 15 is 0 Å². The Morgan fingerprint density at radius 3 is 2.88 bits per heavy atom. The van der Waals surface area contributed by atoms with Gasteiger partial charge in [-0.05, 0) is 37.0 Å². The summed E-state index contributed by atoms with van der Waals surface area (Å²) in [7, 11) is 0. The number of fused-ring (bicyclic) bond motifs is 2. The maximum atomic E-state index is 12.5. The number of aryl methyl sites for hydroxylation is 1. The van der Waals surface area contributed by atoms with Crippen LogP contribution in [-0.2, 0) is 24.2 Å². The van der Waals surface area contributed by atoms with Crippen molar-refractivity contribution in [3.8, 4) is 0 Å². The maximum absolute atomic E-state index is 12.5. The van der Waals surface area contributed by atoms with Crippen LogP contribution in [0.2, 0.25) is 0 Å². The minimum absolute atomic E-state index is 0.0679. The lowest BCUT2D eigenvalue weighted by atomic mass is 10.1. The van der Waals surface area contributed by atoms with Gasteiger partial charge in [0.05, 0.1) is 17.3 Å². The van der Waals surface area contributed by atoms with E-state index in [1.54, 1.807) is 24.3 Å². The smallest absolute Gasteiger partial charge is 0.251 e. The van der Waals surface area contributed by atoms with Crippen molar-refractivity contribution < 1.29 is 9.59 Å². The molecule has 7 nitrogen and oxygen atoms in total. The highest BCUT2D eigenvalue weighted by molar-refractivity contribution is 7.17. The average molecular weight is 368 g/mol. The molecule has 0 unspecified atom stereocenters. The number of rotatable bonds is 4. The quantitative estimate of drug-likeness (QED) is 0.730. The van der Waals surface area contributed by atoms with Gasteiger partial charge in [-0.15, -0.1) is 11.3 Å². The molecule has 26 heavy (non-hydrogen) atoms. The number of nitrogens with two attached hydrogens (primary N) is 1. The van der Waals surface area contributed by atoms with Crippen molar-refractivity contribution in [2.75, 3.05) is 5.32 Å². The fourth-order valence-electron chi connectivity index (χ4n) is 3.34. The molecule has 0 spiro atoms. The molecule has 3 aromatic rings. The molecule has 0 saturated heterocycles. The molecule has 2 amide bonds. The molecule has 0 fully saturated rings. The van der Waals surface area contributed by atoms with Gasteiger partial charge in [-0.25, -0.2) is 0 Å². The van der Waals surface area contributed by atoms with Crippen LogP contribution in [0.4, 0.5) is 5.00 Å². The number of amides is 2. The summed E-state index contributed by atoms with van der Waals surface area (Å²) in [4.78, 5) is 37.3. The fraction of sp³-hybridized carbons (Fsp3) is 0.222. The predicted molar refractivity (Wildman–Crippen MR) is 99.5 cm³/mol. The molecule has 2 aromatic heterocycles. The largest absolute Gasteiger partial charge is 0.365 e. The van der Waals surface area contributed by atoms with E-state index in [1.165, 1.54) is 22.2 Å². The van der Waals surface area contributed by atoms with Gasteiger partial charge in [-0.2, -0.15) is 5.10 Å². The van der Waals surface area contributed by atoms with Crippen LogP contribution >= 0.6 is 11.3 Å². The average Bonchev–Trinajstić information content (AvgIpc) is 3.18. The van der Waals surface area contributed by atoms with E-state index < -0.39 is 5.91 Å². The van der Waals surface area contributed by atoms with Crippen LogP contribution in [0.25, 0.3) is 10.9 Å². The molecule has 132 valence electrons. The number of aromatic nitrogens is 2. The first kappa shape index (κ1) is 16.5. The molecule has 0 aliphatic heterocycles. The number of hydrogen-bond donors (Lipinski definition) is 2. The number of hydrogen-bond acceptors (Lipinski definition) is 5. The Morgan fingerprint density at radius 2 is 2.08 bits per heavy atom. The third kappa shape index (κ3) is 2.78. The van der Waals surface area contributed by atoms with E-state index in [2.05, 4.69) is 10.4 Å². The topological polar surface area (TPSA) is 107 Å². The van der Waals surface area contributed by atoms with Gasteiger partial charge in [0.15, 0.2) is 0 Å². The summed E-state index contributed by atoms with van der Waals surface area (Å²) in [5, 5.41) is 7.84. The summed E-state index contributed by atoms with van der Waals surface area (Å²) in [5.41, 5.74) is 7.29. The fourth-order valence-corrected chi connectivity index (χ4v) is 4.65. The normalized spacial score (nSPS) is 12.9. The Balaban J connectivity index is 1.62. The molecule has 0 bridgehead atoms. The highest BCUT2D eigenvalue weighted by Crippen LogP contribution is 2.38. The highest BCUT2D eigenvalue weighted by atomic mass is 32.1. The van der Waals surface area contributed by atoms with Gasteiger partial charge in [0.1, 0.15) is 11.5 Å². The van der Waals surface area contributed by atoms with Crippen LogP contribution in [0, 0.1) is 0 Å². The standard InChI is InChI=1S/C18H16N4O3S/c19-17(25)16-11-5-3-7-14(11)26-18(16)21-15(24)9-22-12-6-2-1-4-10(12)13(23)8-20-22/h1-2,4,6,8H,3,5,7,9H2,(H2,19,25)(H,21,24). The summed E-state index contributed by atoms with van der Waals surface area (Å²) in [6.45, 7) is -0.0679. The number of para-hydroxylation sites is 1. The second kappa shape index (κ2) is 6.38. The van der Waals surface area contributed by atoms with Crippen molar-refractivity contribution in [1.82, 2.24) is 9.78 Å². The summed E-state index contributed by atoms with van der Waals surface area (Å²) in [6.07, 6.45) is 3.92. The van der Waals surface area contributed by atoms with Gasteiger partial charge in [0, 0.05) is 10.3 Å². The monoisotopic (exact) mass is 368 g/mol. The Hall–Kier alpha value is -3.00. The first-order chi connectivity index (χ1) is 12.5. The predicted octanol–water partition coefficient (Wildman–Crippen LogP) is 1.68. The van der Waals surface area contributed by atoms with Gasteiger partial charge in [0.2, 0.25) is 11.3 Å². The third-order valence-electron chi connectivity index (χ3n) is 4.48. The third-order valence-corrected chi connectivity index (χ3v) is 5.68. The van der Waals surface area contributed by atoms with Crippen LogP contribution in [-0.4, -0.2) is 21.6 Å². The van der Waals surface area contributed by atoms with Crippen molar-refractivity contribution in [3.05, 3.63) is 56.7 Å². The molecule has 1 aliphatic rings. The number of anilines is 1. The lowest BCUT2D eigenvalue weighted by Gasteiger charge is -2.10. The second-order valence-corrected chi connectivity index (χ2v) is 7.26. The van der Waals surface area contributed by atoms with Gasteiger partial charge in [-0.1, -0.05) is 12.1 Å². The molecule has 0 saturated carbocycles. The molecule has 4 rings (SSSR count). The molecule has 3 N–H and O–H groups in total. The van der Waals surface area contributed by atoms with Crippen molar-refractivity contribution in [2.45, 2.75) is 25.8 Å². The molecular weight excluding hydrogens is 352 g/mol. The van der Waals surface area contributed by atoms with E-state index in [0.29, 0.717) is 21.5 Å². The molecular formula is C18H16N4O3S. The minimum Gasteiger partial charge on any atom is -0.365 e. The summed E-state index contributed by atoms with van der Waals surface area (Å²) in [5.74, 6) is -0.847. The van der Waals surface area contributed by atoms with E-state index in [1.807, 2.05) is 0 Å². The van der Waals surface area contributed by atoms with Gasteiger partial charge < -0.3 is 11.1 Å². The molecule has 1 aliphatic carbocycles. The van der Waals surface area contributed by atoms with Crippen LogP contribution in [0.3, 0.4) is 0 Å². The zero-order valence-corrected chi connectivity index (χ0v) is 14.6. The number of carbonyl (C=O) groups excluding carboxylic acids is 2. The van der Waals surface area contributed by atoms with E-state index in [4.69, 9.17) is 5.73 Å². The van der Waals surface area contributed by atoms with Gasteiger partial charge >= 0.3 is 0 Å². The number of benzene rings is 1. The van der Waals surface area contributed by atoms with E-state index in [-0.39, 0.29) is 17.9 Å². The van der Waals surface area contributed by atoms with Crippen molar-refractivity contribution in [3.63, 3.8) is 0 Å². The summed E-state index contributed by atoms with van der Waals surface area (Å²) in [6, 6.07) is 6.99. The van der Waals surface area contributed by atoms with Gasteiger partial charge in [0.25, 0.3) is 5.91 Å². The van der Waals surface area contributed by atoms with Crippen LogP contribution in [0.15, 0.2) is 35.3 Å². The molecule has 1 aromatic carbocycles. The Bertz CT molecular complexity index is 1100. The summed E-state index contributed by atoms with van der Waals surface area (Å²) >= 11 is 1.41. The lowest BCUT2D eigenvalue weighted by molar-refractivity contribution is -0.116. The Morgan fingerprint density at radius 1 is 1.27 bits per heavy atom. The van der Waals surface area contributed by atoms with Crippen LogP contribution in [0.1, 0.15) is 27.2 Å². The van der Waals surface area contributed by atoms with E-state index in [9.17, 15) is 14.4 Å². The number of nitrogens with zero attached hydrogens (tertiary/aromatic N) is 2. The van der Waals surface area contributed by atoms with Gasteiger partial charge in [-0.3, -0.25) is 19.1 Å².